The second-order valence-corrected chi connectivity index (χ2v) is 3.59. The molecule has 0 aromatic rings. The zero-order chi connectivity index (χ0) is 10.6. The number of esters is 1. The van der Waals surface area contributed by atoms with E-state index in [4.69, 9.17) is 10.1 Å². The van der Waals surface area contributed by atoms with Crippen LogP contribution in [0.1, 0.15) is 26.2 Å². The van der Waals surface area contributed by atoms with E-state index in [0.29, 0.717) is 13.0 Å². The Balaban J connectivity index is 2.18. The molecule has 1 saturated carbocycles. The lowest BCUT2D eigenvalue weighted by Gasteiger charge is -2.32. The Morgan fingerprint density at radius 2 is 2.14 bits per heavy atom. The normalized spacial score (nSPS) is 24.9. The van der Waals surface area contributed by atoms with Gasteiger partial charge in [-0.1, -0.05) is 0 Å². The molecule has 14 heavy (non-hydrogen) atoms. The maximum atomic E-state index is 11.0. The molecule has 78 valence electrons. The Kier molecular flexibility index (Phi) is 3.80. The number of nitrogens with one attached hydrogen (secondary N) is 1. The van der Waals surface area contributed by atoms with E-state index in [1.165, 1.54) is 0 Å². The van der Waals surface area contributed by atoms with E-state index < -0.39 is 0 Å². The molecule has 1 aliphatic rings. The van der Waals surface area contributed by atoms with Crippen LogP contribution in [-0.4, -0.2) is 24.6 Å². The van der Waals surface area contributed by atoms with Crippen LogP contribution in [0, 0.1) is 17.2 Å². The van der Waals surface area contributed by atoms with Crippen LogP contribution in [0.4, 0.5) is 0 Å². The molecule has 0 aliphatic heterocycles. The second-order valence-electron chi connectivity index (χ2n) is 3.59. The molecule has 0 bridgehead atoms. The molecular formula is C10H15NO3. The molecule has 1 fully saturated rings. The first-order valence-electron chi connectivity index (χ1n) is 4.87. The Bertz CT molecular complexity index is 244. The van der Waals surface area contributed by atoms with Gasteiger partial charge in [0.15, 0.2) is 5.78 Å². The summed E-state index contributed by atoms with van der Waals surface area (Å²) in [6.07, 6.45) is 2.74. The Labute approximate surface area is 83.1 Å². The Morgan fingerprint density at radius 3 is 2.64 bits per heavy atom. The van der Waals surface area contributed by atoms with Gasteiger partial charge >= 0.3 is 5.97 Å². The zero-order valence-corrected chi connectivity index (χ0v) is 8.29. The number of carbonyl (C=O) groups excluding carboxylic acids is 2. The molecule has 0 aromatic heterocycles. The van der Waals surface area contributed by atoms with Gasteiger partial charge in [-0.05, 0) is 25.7 Å². The summed E-state index contributed by atoms with van der Waals surface area (Å²) in [5.74, 6) is -0.0433. The molecule has 0 saturated heterocycles. The number of ketones is 1. The van der Waals surface area contributed by atoms with Crippen LogP contribution in [0.5, 0.6) is 0 Å². The minimum atomic E-state index is -0.182. The molecule has 1 rings (SSSR count). The van der Waals surface area contributed by atoms with Crippen molar-refractivity contribution < 1.29 is 14.3 Å². The average Bonchev–Trinajstić information content (AvgIpc) is 2.10. The molecule has 1 N–H and O–H groups in total. The van der Waals surface area contributed by atoms with Crippen molar-refractivity contribution in [2.75, 3.05) is 6.61 Å². The molecule has 0 amide bonds. The quantitative estimate of drug-likeness (QED) is 0.531. The third-order valence-corrected chi connectivity index (χ3v) is 2.54. The van der Waals surface area contributed by atoms with Crippen LogP contribution < -0.4 is 0 Å². The highest BCUT2D eigenvalue weighted by Crippen LogP contribution is 2.36. The number of ether oxygens (including phenoxy) is 1. The molecule has 0 heterocycles. The maximum absolute atomic E-state index is 11.0. The van der Waals surface area contributed by atoms with E-state index in [1.807, 2.05) is 0 Å². The van der Waals surface area contributed by atoms with Crippen LogP contribution in [0.15, 0.2) is 0 Å². The Hall–Kier alpha value is -1.19. The smallest absolute Gasteiger partial charge is 0.306 e. The third-order valence-electron chi connectivity index (χ3n) is 2.54. The van der Waals surface area contributed by atoms with Gasteiger partial charge in [-0.3, -0.25) is 9.59 Å². The van der Waals surface area contributed by atoms with E-state index >= 15 is 0 Å². The molecule has 0 unspecified atom stereocenters. The summed E-state index contributed by atoms with van der Waals surface area (Å²) in [5.41, 5.74) is 0. The number of Topliss-reactive ketones (excluding diaryl/α,β-unsaturated/α-hetero) is 1. The fourth-order valence-electron chi connectivity index (χ4n) is 1.71. The molecule has 0 radical (unpaired) electrons. The highest BCUT2D eigenvalue weighted by molar-refractivity contribution is 6.27. The molecule has 4 heteroatoms. The average molecular weight is 197 g/mol. The van der Waals surface area contributed by atoms with E-state index in [1.54, 1.807) is 6.92 Å². The summed E-state index contributed by atoms with van der Waals surface area (Å²) in [4.78, 5) is 22.0. The highest BCUT2D eigenvalue weighted by atomic mass is 16.5. The largest absolute Gasteiger partial charge is 0.466 e. The van der Waals surface area contributed by atoms with Crippen LogP contribution in [-0.2, 0) is 14.3 Å². The van der Waals surface area contributed by atoms with Crippen molar-refractivity contribution in [1.29, 1.82) is 5.41 Å². The topological polar surface area (TPSA) is 67.2 Å². The number of hydrogen-bond acceptors (Lipinski definition) is 4. The van der Waals surface area contributed by atoms with Crippen LogP contribution >= 0.6 is 0 Å². The maximum Gasteiger partial charge on any atom is 0.306 e. The van der Waals surface area contributed by atoms with Crippen LogP contribution in [0.2, 0.25) is 0 Å². The minimum Gasteiger partial charge on any atom is -0.466 e. The summed E-state index contributed by atoms with van der Waals surface area (Å²) < 4.78 is 4.80. The van der Waals surface area contributed by atoms with Gasteiger partial charge in [-0.25, -0.2) is 0 Å². The number of rotatable bonds is 5. The van der Waals surface area contributed by atoms with Crippen LogP contribution in [0.3, 0.4) is 0 Å². The second kappa shape index (κ2) is 4.88. The summed E-state index contributed by atoms with van der Waals surface area (Å²) in [6.45, 7) is 2.19. The van der Waals surface area contributed by atoms with Gasteiger partial charge in [-0.15, -0.1) is 0 Å². The van der Waals surface area contributed by atoms with Crippen molar-refractivity contribution in [2.24, 2.45) is 11.8 Å². The fourth-order valence-corrected chi connectivity index (χ4v) is 1.71. The van der Waals surface area contributed by atoms with Gasteiger partial charge in [0.05, 0.1) is 12.8 Å². The standard InChI is InChI=1S/C10H15NO3/c1-2-14-10(13)5-7-3-8(4-7)9(12)6-11/h6-8,11H,2-5H2,1H3. The van der Waals surface area contributed by atoms with Crippen molar-refractivity contribution in [3.8, 4) is 0 Å². The number of carbonyl (C=O) groups is 2. The van der Waals surface area contributed by atoms with Gasteiger partial charge in [0.25, 0.3) is 0 Å². The molecular weight excluding hydrogens is 182 g/mol. The van der Waals surface area contributed by atoms with Gasteiger partial charge in [0.1, 0.15) is 0 Å². The highest BCUT2D eigenvalue weighted by Gasteiger charge is 2.34. The lowest BCUT2D eigenvalue weighted by Crippen LogP contribution is -2.32. The van der Waals surface area contributed by atoms with Crippen molar-refractivity contribution >= 4 is 18.0 Å². The van der Waals surface area contributed by atoms with Gasteiger partial charge in [0.2, 0.25) is 0 Å². The van der Waals surface area contributed by atoms with Gasteiger partial charge < -0.3 is 10.1 Å². The third kappa shape index (κ3) is 2.65. The van der Waals surface area contributed by atoms with Gasteiger partial charge in [-0.2, -0.15) is 0 Å². The molecule has 0 spiro atoms. The first-order chi connectivity index (χ1) is 6.67. The van der Waals surface area contributed by atoms with Crippen molar-refractivity contribution in [3.63, 3.8) is 0 Å². The molecule has 0 aromatic carbocycles. The van der Waals surface area contributed by atoms with Crippen molar-refractivity contribution in [1.82, 2.24) is 0 Å². The summed E-state index contributed by atoms with van der Waals surface area (Å²) in [6, 6.07) is 0. The molecule has 1 aliphatic carbocycles. The minimum absolute atomic E-state index is 0.0214. The predicted octanol–water partition coefficient (Wildman–Crippen LogP) is 1.18. The van der Waals surface area contributed by atoms with E-state index in [9.17, 15) is 9.59 Å². The molecule has 4 nitrogen and oxygen atoms in total. The van der Waals surface area contributed by atoms with Gasteiger partial charge in [0, 0.05) is 12.3 Å². The molecule has 0 atom stereocenters. The Morgan fingerprint density at radius 1 is 1.50 bits per heavy atom. The number of hydrogen-bond donors (Lipinski definition) is 1. The van der Waals surface area contributed by atoms with Crippen molar-refractivity contribution in [2.45, 2.75) is 26.2 Å². The predicted molar refractivity (Wildman–Crippen MR) is 51.3 cm³/mol. The first kappa shape index (κ1) is 10.9. The fraction of sp³-hybridized carbons (Fsp3) is 0.700. The van der Waals surface area contributed by atoms with E-state index in [-0.39, 0.29) is 23.6 Å². The monoisotopic (exact) mass is 197 g/mol. The van der Waals surface area contributed by atoms with Crippen LogP contribution in [0.25, 0.3) is 0 Å². The summed E-state index contributed by atoms with van der Waals surface area (Å²) in [7, 11) is 0. The zero-order valence-electron chi connectivity index (χ0n) is 8.29. The van der Waals surface area contributed by atoms with E-state index in [2.05, 4.69) is 0 Å². The SMILES string of the molecule is CCOC(=O)CC1CC(C(=O)C=N)C1. The lowest BCUT2D eigenvalue weighted by molar-refractivity contribution is -0.146. The van der Waals surface area contributed by atoms with E-state index in [0.717, 1.165) is 19.1 Å². The summed E-state index contributed by atoms with van der Waals surface area (Å²) >= 11 is 0. The summed E-state index contributed by atoms with van der Waals surface area (Å²) in [5, 5.41) is 6.78. The lowest BCUT2D eigenvalue weighted by atomic mass is 9.71. The van der Waals surface area contributed by atoms with Crippen molar-refractivity contribution in [3.05, 3.63) is 0 Å². The first-order valence-corrected chi connectivity index (χ1v) is 4.87.